The van der Waals surface area contributed by atoms with Gasteiger partial charge in [-0.15, -0.1) is 0 Å². The molecule has 92 valence electrons. The molecule has 0 unspecified atom stereocenters. The first kappa shape index (κ1) is 13.4. The summed E-state index contributed by atoms with van der Waals surface area (Å²) in [7, 11) is -4.37. The molecule has 0 saturated carbocycles. The second-order valence-corrected chi connectivity index (χ2v) is 5.10. The molecule has 0 aliphatic rings. The van der Waals surface area contributed by atoms with Crippen LogP contribution in [0.25, 0.3) is 0 Å². The van der Waals surface area contributed by atoms with Gasteiger partial charge >= 0.3 is 0 Å². The molecule has 6 heteroatoms. The zero-order chi connectivity index (χ0) is 13.2. The Morgan fingerprint density at radius 1 is 1.41 bits per heavy atom. The molecule has 1 aromatic carbocycles. The van der Waals surface area contributed by atoms with Crippen molar-refractivity contribution in [3.8, 4) is 0 Å². The van der Waals surface area contributed by atoms with Gasteiger partial charge in [-0.3, -0.25) is 9.35 Å². The first-order chi connectivity index (χ1) is 7.71. The van der Waals surface area contributed by atoms with E-state index in [1.165, 1.54) is 19.1 Å². The van der Waals surface area contributed by atoms with E-state index >= 15 is 0 Å². The number of aryl methyl sites for hydroxylation is 1. The zero-order valence-electron chi connectivity index (χ0n) is 9.52. The minimum Gasteiger partial charge on any atom is -0.321 e. The molecule has 5 nitrogen and oxygen atoms in total. The van der Waals surface area contributed by atoms with E-state index < -0.39 is 16.0 Å². The predicted octanol–water partition coefficient (Wildman–Crippen LogP) is 1.76. The summed E-state index contributed by atoms with van der Waals surface area (Å²) in [6.45, 7) is 6.61. The fraction of sp³-hybridized carbons (Fsp3) is 0.182. The van der Waals surface area contributed by atoms with E-state index in [-0.39, 0.29) is 16.2 Å². The van der Waals surface area contributed by atoms with Gasteiger partial charge in [0.2, 0.25) is 0 Å². The molecule has 0 bridgehead atoms. The van der Waals surface area contributed by atoms with Crippen LogP contribution in [0.4, 0.5) is 5.69 Å². The Hall–Kier alpha value is -1.66. The van der Waals surface area contributed by atoms with Gasteiger partial charge in [0.25, 0.3) is 16.0 Å². The average Bonchev–Trinajstić information content (AvgIpc) is 2.18. The zero-order valence-corrected chi connectivity index (χ0v) is 10.3. The first-order valence-corrected chi connectivity index (χ1v) is 6.21. The summed E-state index contributed by atoms with van der Waals surface area (Å²) in [4.78, 5) is 11.1. The lowest BCUT2D eigenvalue weighted by Gasteiger charge is -2.09. The maximum atomic E-state index is 11.4. The van der Waals surface area contributed by atoms with Crippen LogP contribution in [0.3, 0.4) is 0 Å². The Bertz CT molecular complexity index is 575. The van der Waals surface area contributed by atoms with Gasteiger partial charge in [0.1, 0.15) is 4.90 Å². The summed E-state index contributed by atoms with van der Waals surface area (Å²) in [5, 5.41) is 2.37. The van der Waals surface area contributed by atoms with Gasteiger partial charge in [0.05, 0.1) is 5.69 Å². The van der Waals surface area contributed by atoms with E-state index in [9.17, 15) is 13.2 Å². The summed E-state index contributed by atoms with van der Waals surface area (Å²) in [5.74, 6) is -0.501. The lowest BCUT2D eigenvalue weighted by Crippen LogP contribution is -2.14. The number of rotatable bonds is 3. The average molecular weight is 255 g/mol. The molecule has 0 spiro atoms. The van der Waals surface area contributed by atoms with Crippen LogP contribution in [-0.2, 0) is 14.9 Å². The number of anilines is 1. The van der Waals surface area contributed by atoms with Crippen LogP contribution in [0.15, 0.2) is 35.2 Å². The highest BCUT2D eigenvalue weighted by Crippen LogP contribution is 2.22. The molecule has 0 atom stereocenters. The maximum Gasteiger partial charge on any atom is 0.296 e. The maximum absolute atomic E-state index is 11.4. The molecule has 0 radical (unpaired) electrons. The number of hydrogen-bond acceptors (Lipinski definition) is 3. The minimum atomic E-state index is -4.37. The second kappa shape index (κ2) is 4.68. The van der Waals surface area contributed by atoms with Crippen molar-refractivity contribution in [3.05, 3.63) is 35.9 Å². The third-order valence-corrected chi connectivity index (χ3v) is 2.94. The normalized spacial score (nSPS) is 11.0. The summed E-state index contributed by atoms with van der Waals surface area (Å²) in [6.07, 6.45) is 0. The van der Waals surface area contributed by atoms with Crippen LogP contribution in [0.1, 0.15) is 12.5 Å². The van der Waals surface area contributed by atoms with Gasteiger partial charge in [0.15, 0.2) is 0 Å². The topological polar surface area (TPSA) is 83.5 Å². The molecule has 0 aromatic heterocycles. The van der Waals surface area contributed by atoms with Crippen LogP contribution < -0.4 is 5.32 Å². The van der Waals surface area contributed by atoms with Gasteiger partial charge in [-0.25, -0.2) is 0 Å². The van der Waals surface area contributed by atoms with Crippen molar-refractivity contribution in [1.29, 1.82) is 0 Å². The number of carbonyl (C=O) groups excluding carboxylic acids is 1. The van der Waals surface area contributed by atoms with E-state index in [0.717, 1.165) is 0 Å². The Kier molecular flexibility index (Phi) is 3.69. The summed E-state index contributed by atoms with van der Waals surface area (Å²) < 4.78 is 31.3. The van der Waals surface area contributed by atoms with Crippen LogP contribution in [0, 0.1) is 6.92 Å². The monoisotopic (exact) mass is 255 g/mol. The molecule has 0 aliphatic heterocycles. The number of carbonyl (C=O) groups is 1. The van der Waals surface area contributed by atoms with E-state index in [1.807, 2.05) is 0 Å². The number of hydrogen-bond donors (Lipinski definition) is 2. The molecular formula is C11H13NO4S. The highest BCUT2D eigenvalue weighted by atomic mass is 32.2. The molecule has 1 rings (SSSR count). The van der Waals surface area contributed by atoms with Crippen LogP contribution in [0.5, 0.6) is 0 Å². The number of amides is 1. The van der Waals surface area contributed by atoms with Gasteiger partial charge < -0.3 is 5.32 Å². The highest BCUT2D eigenvalue weighted by Gasteiger charge is 2.17. The van der Waals surface area contributed by atoms with E-state index in [4.69, 9.17) is 4.55 Å². The molecule has 1 amide bonds. The van der Waals surface area contributed by atoms with Gasteiger partial charge in [-0.2, -0.15) is 8.42 Å². The van der Waals surface area contributed by atoms with Crippen molar-refractivity contribution in [2.45, 2.75) is 18.7 Å². The Balaban J connectivity index is 3.26. The van der Waals surface area contributed by atoms with E-state index in [1.54, 1.807) is 13.0 Å². The third-order valence-electron chi connectivity index (χ3n) is 2.05. The molecule has 0 fully saturated rings. The van der Waals surface area contributed by atoms with Crippen LogP contribution in [0.2, 0.25) is 0 Å². The van der Waals surface area contributed by atoms with Crippen molar-refractivity contribution in [2.24, 2.45) is 0 Å². The lowest BCUT2D eigenvalue weighted by molar-refractivity contribution is -0.112. The summed E-state index contributed by atoms with van der Waals surface area (Å²) in [5.41, 5.74) is 0.934. The molecular weight excluding hydrogens is 242 g/mol. The summed E-state index contributed by atoms with van der Waals surface area (Å²) in [6, 6.07) is 4.32. The first-order valence-electron chi connectivity index (χ1n) is 4.77. The largest absolute Gasteiger partial charge is 0.321 e. The van der Waals surface area contributed by atoms with E-state index in [0.29, 0.717) is 5.56 Å². The Labute approximate surface area is 99.9 Å². The Morgan fingerprint density at radius 3 is 2.47 bits per heavy atom. The summed E-state index contributed by atoms with van der Waals surface area (Å²) >= 11 is 0. The van der Waals surface area contributed by atoms with Crippen LogP contribution in [-0.4, -0.2) is 18.9 Å². The molecule has 2 N–H and O–H groups in total. The number of nitrogens with one attached hydrogen (secondary N) is 1. The Morgan fingerprint density at radius 2 is 2.00 bits per heavy atom. The van der Waals surface area contributed by atoms with Crippen molar-refractivity contribution in [3.63, 3.8) is 0 Å². The van der Waals surface area contributed by atoms with Gasteiger partial charge in [-0.05, 0) is 31.5 Å². The molecule has 0 aliphatic carbocycles. The smallest absolute Gasteiger partial charge is 0.296 e. The molecule has 17 heavy (non-hydrogen) atoms. The minimum absolute atomic E-state index is 0.0334. The van der Waals surface area contributed by atoms with Crippen molar-refractivity contribution < 1.29 is 17.8 Å². The predicted molar refractivity (Wildman–Crippen MR) is 64.4 cm³/mol. The van der Waals surface area contributed by atoms with Crippen molar-refractivity contribution in [2.75, 3.05) is 5.32 Å². The fourth-order valence-corrected chi connectivity index (χ4v) is 1.91. The third kappa shape index (κ3) is 3.40. The number of benzene rings is 1. The molecule has 0 heterocycles. The van der Waals surface area contributed by atoms with Crippen molar-refractivity contribution >= 4 is 21.7 Å². The van der Waals surface area contributed by atoms with Crippen LogP contribution >= 0.6 is 0 Å². The second-order valence-electron chi connectivity index (χ2n) is 3.71. The molecule has 1 aromatic rings. The standard InChI is InChI=1S/C11H13NO4S/c1-7(2)11(13)12-9-5-4-8(3)6-10(9)17(14,15)16/h4-6H,1H2,2-3H3,(H,12,13)(H,14,15,16). The quantitative estimate of drug-likeness (QED) is 0.636. The fourth-order valence-electron chi connectivity index (χ4n) is 1.18. The van der Waals surface area contributed by atoms with Crippen molar-refractivity contribution in [1.82, 2.24) is 0 Å². The SMILES string of the molecule is C=C(C)C(=O)Nc1ccc(C)cc1S(=O)(=O)O. The lowest BCUT2D eigenvalue weighted by atomic mass is 10.2. The van der Waals surface area contributed by atoms with E-state index in [2.05, 4.69) is 11.9 Å². The van der Waals surface area contributed by atoms with Gasteiger partial charge in [-0.1, -0.05) is 12.6 Å². The molecule has 0 saturated heterocycles. The van der Waals surface area contributed by atoms with Gasteiger partial charge in [0, 0.05) is 5.57 Å². The highest BCUT2D eigenvalue weighted by molar-refractivity contribution is 7.86.